The summed E-state index contributed by atoms with van der Waals surface area (Å²) in [6.07, 6.45) is 0. The third kappa shape index (κ3) is 5.16. The summed E-state index contributed by atoms with van der Waals surface area (Å²) in [5.41, 5.74) is 2.12. The molecule has 0 saturated heterocycles. The van der Waals surface area contributed by atoms with Gasteiger partial charge in [-0.1, -0.05) is 80.5 Å². The third-order valence-electron chi connectivity index (χ3n) is 4.77. The Hall–Kier alpha value is -2.93. The molecule has 0 saturated carbocycles. The van der Waals surface area contributed by atoms with Crippen LogP contribution in [0.4, 0.5) is 5.82 Å². The fourth-order valence-corrected chi connectivity index (χ4v) is 4.96. The highest BCUT2D eigenvalue weighted by molar-refractivity contribution is 7.91. The molecule has 1 N–H and O–H groups in total. The summed E-state index contributed by atoms with van der Waals surface area (Å²) in [6.45, 7) is 7.98. The van der Waals surface area contributed by atoms with Crippen LogP contribution in [0.25, 0.3) is 0 Å². The predicted molar refractivity (Wildman–Crippen MR) is 117 cm³/mol. The Morgan fingerprint density at radius 3 is 2.23 bits per heavy atom. The van der Waals surface area contributed by atoms with Gasteiger partial charge in [-0.25, -0.2) is 8.42 Å². The molecule has 1 aromatic heterocycles. The Labute approximate surface area is 177 Å². The number of anilines is 1. The zero-order valence-electron chi connectivity index (χ0n) is 17.5. The Morgan fingerprint density at radius 1 is 1.07 bits per heavy atom. The Balaban J connectivity index is 1.90. The second-order valence-corrected chi connectivity index (χ2v) is 10.4. The topological polar surface area (TPSA) is 89.3 Å². The van der Waals surface area contributed by atoms with Gasteiger partial charge in [0, 0.05) is 6.07 Å². The van der Waals surface area contributed by atoms with E-state index in [-0.39, 0.29) is 17.0 Å². The number of nitrogens with one attached hydrogen (secondary N) is 1. The molecule has 3 aromatic rings. The van der Waals surface area contributed by atoms with E-state index >= 15 is 0 Å². The fourth-order valence-electron chi connectivity index (χ4n) is 3.18. The predicted octanol–water partition coefficient (Wildman–Crippen LogP) is 4.58. The normalized spacial score (nSPS) is 13.1. The highest BCUT2D eigenvalue weighted by atomic mass is 32.2. The minimum atomic E-state index is -3.86. The minimum Gasteiger partial charge on any atom is -0.360 e. The quantitative estimate of drug-likeness (QED) is 0.623. The molecule has 3 rings (SSSR count). The lowest BCUT2D eigenvalue weighted by Crippen LogP contribution is -2.29. The first kappa shape index (κ1) is 21.8. The van der Waals surface area contributed by atoms with Gasteiger partial charge in [-0.3, -0.25) is 4.79 Å². The Kier molecular flexibility index (Phi) is 6.12. The Bertz CT molecular complexity index is 1110. The van der Waals surface area contributed by atoms with Gasteiger partial charge in [0.2, 0.25) is 5.91 Å². The van der Waals surface area contributed by atoms with Crippen LogP contribution in [0.5, 0.6) is 0 Å². The molecule has 7 heteroatoms. The molecule has 2 aromatic carbocycles. The van der Waals surface area contributed by atoms with Gasteiger partial charge in [0.1, 0.15) is 5.76 Å². The van der Waals surface area contributed by atoms with E-state index in [9.17, 15) is 13.2 Å². The van der Waals surface area contributed by atoms with E-state index in [1.807, 2.05) is 12.1 Å². The lowest BCUT2D eigenvalue weighted by molar-refractivity contribution is -0.116. The van der Waals surface area contributed by atoms with Crippen molar-refractivity contribution in [1.29, 1.82) is 0 Å². The van der Waals surface area contributed by atoms with Gasteiger partial charge in [-0.15, -0.1) is 0 Å². The first-order chi connectivity index (χ1) is 14.1. The van der Waals surface area contributed by atoms with Crippen LogP contribution in [0.3, 0.4) is 0 Å². The molecule has 0 aliphatic rings. The summed E-state index contributed by atoms with van der Waals surface area (Å²) in [4.78, 5) is 13.0. The van der Waals surface area contributed by atoms with Crippen molar-refractivity contribution in [2.45, 2.75) is 44.1 Å². The highest BCUT2D eigenvalue weighted by Crippen LogP contribution is 2.29. The molecule has 1 amide bonds. The van der Waals surface area contributed by atoms with Crippen molar-refractivity contribution in [3.8, 4) is 0 Å². The molecule has 0 spiro atoms. The van der Waals surface area contributed by atoms with Crippen LogP contribution in [0.15, 0.2) is 65.2 Å². The first-order valence-electron chi connectivity index (χ1n) is 9.66. The van der Waals surface area contributed by atoms with E-state index in [0.29, 0.717) is 16.9 Å². The largest absolute Gasteiger partial charge is 0.360 e. The van der Waals surface area contributed by atoms with Crippen LogP contribution in [0, 0.1) is 6.92 Å². The van der Waals surface area contributed by atoms with Gasteiger partial charge < -0.3 is 9.84 Å². The number of amides is 1. The van der Waals surface area contributed by atoms with Crippen molar-refractivity contribution in [2.24, 2.45) is 0 Å². The monoisotopic (exact) mass is 426 g/mol. The number of benzene rings is 2. The number of nitrogens with zero attached hydrogens (tertiary/aromatic N) is 1. The van der Waals surface area contributed by atoms with Crippen molar-refractivity contribution < 1.29 is 17.7 Å². The van der Waals surface area contributed by atoms with E-state index in [2.05, 4.69) is 31.2 Å². The number of hydrogen-bond acceptors (Lipinski definition) is 5. The molecule has 0 aliphatic heterocycles. The SMILES string of the molecule is Cc1cc(NC(=O)C(c2ccccc2)S(=O)(=O)Cc2ccc(C(C)(C)C)cc2)no1. The molecular formula is C23H26N2O4S. The van der Waals surface area contributed by atoms with Crippen molar-refractivity contribution in [2.75, 3.05) is 5.32 Å². The van der Waals surface area contributed by atoms with E-state index in [4.69, 9.17) is 4.52 Å². The number of sulfone groups is 1. The Morgan fingerprint density at radius 2 is 1.70 bits per heavy atom. The maximum absolute atomic E-state index is 13.3. The third-order valence-corrected chi connectivity index (χ3v) is 6.71. The molecule has 1 unspecified atom stereocenters. The van der Waals surface area contributed by atoms with Crippen molar-refractivity contribution >= 4 is 21.6 Å². The second kappa shape index (κ2) is 8.44. The summed E-state index contributed by atoms with van der Waals surface area (Å²) in [5, 5.41) is 4.93. The molecule has 158 valence electrons. The average molecular weight is 427 g/mol. The van der Waals surface area contributed by atoms with Crippen molar-refractivity contribution in [3.05, 3.63) is 83.1 Å². The van der Waals surface area contributed by atoms with Gasteiger partial charge in [-0.05, 0) is 29.0 Å². The molecule has 6 nitrogen and oxygen atoms in total. The van der Waals surface area contributed by atoms with E-state index in [1.54, 1.807) is 49.4 Å². The van der Waals surface area contributed by atoms with Crippen molar-refractivity contribution in [1.82, 2.24) is 5.16 Å². The minimum absolute atomic E-state index is 0.0282. The van der Waals surface area contributed by atoms with Crippen LogP contribution in [-0.2, 0) is 25.8 Å². The summed E-state index contributed by atoms with van der Waals surface area (Å²) in [5.74, 6) is -0.213. The van der Waals surface area contributed by atoms with Crippen LogP contribution >= 0.6 is 0 Å². The molecule has 0 aliphatic carbocycles. The van der Waals surface area contributed by atoms with Gasteiger partial charge in [0.05, 0.1) is 5.75 Å². The van der Waals surface area contributed by atoms with Crippen LogP contribution in [0.1, 0.15) is 48.5 Å². The summed E-state index contributed by atoms with van der Waals surface area (Å²) < 4.78 is 31.6. The number of carbonyl (C=O) groups is 1. The maximum atomic E-state index is 13.3. The lowest BCUT2D eigenvalue weighted by Gasteiger charge is -2.20. The number of carbonyl (C=O) groups excluding carboxylic acids is 1. The highest BCUT2D eigenvalue weighted by Gasteiger charge is 2.34. The molecule has 1 heterocycles. The number of rotatable bonds is 6. The van der Waals surface area contributed by atoms with Crippen LogP contribution in [0.2, 0.25) is 0 Å². The molecule has 0 bridgehead atoms. The standard InChI is InChI=1S/C23H26N2O4S/c1-16-14-20(25-29-16)24-22(26)21(18-8-6-5-7-9-18)30(27,28)15-17-10-12-19(13-11-17)23(2,3)4/h5-14,21H,15H2,1-4H3,(H,24,25,26). The number of aromatic nitrogens is 1. The van der Waals surface area contributed by atoms with Crippen LogP contribution in [-0.4, -0.2) is 19.5 Å². The van der Waals surface area contributed by atoms with Gasteiger partial charge >= 0.3 is 0 Å². The van der Waals surface area contributed by atoms with E-state index in [1.165, 1.54) is 6.07 Å². The van der Waals surface area contributed by atoms with Gasteiger partial charge in [0.15, 0.2) is 20.9 Å². The number of aryl methyl sites for hydroxylation is 1. The molecule has 0 radical (unpaired) electrons. The molecule has 1 atom stereocenters. The maximum Gasteiger partial charge on any atom is 0.248 e. The summed E-state index contributed by atoms with van der Waals surface area (Å²) >= 11 is 0. The average Bonchev–Trinajstić information content (AvgIpc) is 3.06. The number of hydrogen-bond donors (Lipinski definition) is 1. The van der Waals surface area contributed by atoms with E-state index in [0.717, 1.165) is 5.56 Å². The molecular weight excluding hydrogens is 400 g/mol. The second-order valence-electron chi connectivity index (χ2n) is 8.36. The van der Waals surface area contributed by atoms with Crippen LogP contribution < -0.4 is 5.32 Å². The first-order valence-corrected chi connectivity index (χ1v) is 11.4. The molecule has 30 heavy (non-hydrogen) atoms. The summed E-state index contributed by atoms with van der Waals surface area (Å²) in [6, 6.07) is 17.5. The summed E-state index contributed by atoms with van der Waals surface area (Å²) in [7, 11) is -3.86. The van der Waals surface area contributed by atoms with Gasteiger partial charge in [-0.2, -0.15) is 0 Å². The lowest BCUT2D eigenvalue weighted by atomic mass is 9.87. The fraction of sp³-hybridized carbons (Fsp3) is 0.304. The van der Waals surface area contributed by atoms with E-state index < -0.39 is 21.0 Å². The zero-order valence-corrected chi connectivity index (χ0v) is 18.4. The molecule has 0 fully saturated rings. The van der Waals surface area contributed by atoms with Crippen molar-refractivity contribution in [3.63, 3.8) is 0 Å². The smallest absolute Gasteiger partial charge is 0.248 e. The zero-order chi connectivity index (χ0) is 21.9. The van der Waals surface area contributed by atoms with Gasteiger partial charge in [0.25, 0.3) is 0 Å².